The molecule has 0 atom stereocenters. The fourth-order valence-corrected chi connectivity index (χ4v) is 2.99. The van der Waals surface area contributed by atoms with E-state index in [1.807, 2.05) is 0 Å². The minimum absolute atomic E-state index is 0.0716. The molecule has 0 aromatic carbocycles. The van der Waals surface area contributed by atoms with Gasteiger partial charge in [0.25, 0.3) is 0 Å². The number of pyridine rings is 2. The lowest BCUT2D eigenvalue weighted by Gasteiger charge is -2.17. The van der Waals surface area contributed by atoms with E-state index in [4.69, 9.17) is 0 Å². The van der Waals surface area contributed by atoms with Crippen molar-refractivity contribution >= 4 is 11.6 Å². The van der Waals surface area contributed by atoms with Gasteiger partial charge in [0, 0.05) is 29.8 Å². The molecular weight excluding hydrogens is 506 g/mol. The lowest BCUT2D eigenvalue weighted by atomic mass is 10.0. The summed E-state index contributed by atoms with van der Waals surface area (Å²) in [7, 11) is 0. The van der Waals surface area contributed by atoms with E-state index in [0.717, 1.165) is 18.5 Å². The van der Waals surface area contributed by atoms with Gasteiger partial charge in [-0.2, -0.15) is 36.3 Å². The standard InChI is InChI=1S/C22H16F6N8O/c1-20(2,37)14-9-11(3-6-29-14)16-34-17(13-5-8-31-18(33-13)22(26,27)28)36-19(35-16)32-12-4-7-30-15(10-12)21(23,24)25/h3-10,37H,1-2H3,(H,30,32,34,35,36). The second kappa shape index (κ2) is 9.31. The predicted molar refractivity (Wildman–Crippen MR) is 117 cm³/mol. The quantitative estimate of drug-likeness (QED) is 0.356. The average Bonchev–Trinajstić information content (AvgIpc) is 2.83. The summed E-state index contributed by atoms with van der Waals surface area (Å²) in [6.07, 6.45) is -6.40. The summed E-state index contributed by atoms with van der Waals surface area (Å²) >= 11 is 0. The molecule has 2 N–H and O–H groups in total. The SMILES string of the molecule is CC(C)(O)c1cc(-c2nc(Nc3ccnc(C(F)(F)F)c3)nc(-c3ccnc(C(F)(F)F)n3)n2)ccn1. The van der Waals surface area contributed by atoms with Crippen LogP contribution in [0.1, 0.15) is 31.1 Å². The second-order valence-corrected chi connectivity index (χ2v) is 8.11. The van der Waals surface area contributed by atoms with Gasteiger partial charge in [0.1, 0.15) is 17.0 Å². The zero-order valence-electron chi connectivity index (χ0n) is 19.0. The molecule has 4 aromatic heterocycles. The Hall–Kier alpha value is -4.27. The number of hydrogen-bond donors (Lipinski definition) is 2. The minimum Gasteiger partial charge on any atom is -0.384 e. The molecule has 0 saturated carbocycles. The van der Waals surface area contributed by atoms with Gasteiger partial charge >= 0.3 is 12.4 Å². The molecule has 0 spiro atoms. The van der Waals surface area contributed by atoms with Gasteiger partial charge in [-0.1, -0.05) is 0 Å². The Morgan fingerprint density at radius 3 is 2.03 bits per heavy atom. The molecule has 4 aromatic rings. The summed E-state index contributed by atoms with van der Waals surface area (Å²) in [5.41, 5.74) is -2.37. The molecular formula is C22H16F6N8O. The highest BCUT2D eigenvalue weighted by atomic mass is 19.4. The predicted octanol–water partition coefficient (Wildman–Crippen LogP) is 4.79. The number of alkyl halides is 6. The van der Waals surface area contributed by atoms with Crippen LogP contribution in [-0.4, -0.2) is 40.0 Å². The van der Waals surface area contributed by atoms with Crippen molar-refractivity contribution < 1.29 is 31.4 Å². The van der Waals surface area contributed by atoms with Gasteiger partial charge in [0.2, 0.25) is 11.8 Å². The summed E-state index contributed by atoms with van der Waals surface area (Å²) in [5.74, 6) is -2.10. The Bertz CT molecular complexity index is 1360. The first-order chi connectivity index (χ1) is 17.2. The van der Waals surface area contributed by atoms with Crippen LogP contribution in [0.4, 0.5) is 38.0 Å². The molecule has 37 heavy (non-hydrogen) atoms. The number of anilines is 2. The van der Waals surface area contributed by atoms with Gasteiger partial charge in [0.05, 0.1) is 5.69 Å². The van der Waals surface area contributed by atoms with E-state index < -0.39 is 29.5 Å². The van der Waals surface area contributed by atoms with Crippen LogP contribution in [0.25, 0.3) is 22.9 Å². The molecule has 0 bridgehead atoms. The molecule has 0 radical (unpaired) electrons. The average molecular weight is 522 g/mol. The third-order valence-electron chi connectivity index (χ3n) is 4.73. The van der Waals surface area contributed by atoms with Crippen molar-refractivity contribution in [3.63, 3.8) is 0 Å². The minimum atomic E-state index is -4.84. The monoisotopic (exact) mass is 522 g/mol. The summed E-state index contributed by atoms with van der Waals surface area (Å²) in [4.78, 5) is 26.5. The van der Waals surface area contributed by atoms with Crippen molar-refractivity contribution in [1.82, 2.24) is 34.9 Å². The number of hydrogen-bond acceptors (Lipinski definition) is 9. The number of aliphatic hydroxyl groups is 1. The van der Waals surface area contributed by atoms with Gasteiger partial charge in [-0.05, 0) is 44.2 Å². The highest BCUT2D eigenvalue weighted by Crippen LogP contribution is 2.31. The van der Waals surface area contributed by atoms with Crippen LogP contribution >= 0.6 is 0 Å². The molecule has 9 nitrogen and oxygen atoms in total. The molecule has 15 heteroatoms. The first-order valence-corrected chi connectivity index (χ1v) is 10.4. The highest BCUT2D eigenvalue weighted by molar-refractivity contribution is 5.63. The van der Waals surface area contributed by atoms with E-state index in [9.17, 15) is 31.4 Å². The van der Waals surface area contributed by atoms with E-state index in [1.165, 1.54) is 38.2 Å². The smallest absolute Gasteiger partial charge is 0.384 e. The Morgan fingerprint density at radius 2 is 1.35 bits per heavy atom. The van der Waals surface area contributed by atoms with Crippen molar-refractivity contribution in [2.24, 2.45) is 0 Å². The number of rotatable bonds is 5. The molecule has 0 aliphatic heterocycles. The number of aromatic nitrogens is 7. The van der Waals surface area contributed by atoms with Crippen LogP contribution in [0.2, 0.25) is 0 Å². The second-order valence-electron chi connectivity index (χ2n) is 8.11. The first-order valence-electron chi connectivity index (χ1n) is 10.4. The van der Waals surface area contributed by atoms with Crippen molar-refractivity contribution in [1.29, 1.82) is 0 Å². The maximum Gasteiger partial charge on any atom is 0.451 e. The lowest BCUT2D eigenvalue weighted by Crippen LogP contribution is -2.17. The molecule has 0 amide bonds. The fraction of sp³-hybridized carbons (Fsp3) is 0.227. The third-order valence-corrected chi connectivity index (χ3v) is 4.73. The normalized spacial score (nSPS) is 12.5. The molecule has 0 aliphatic rings. The highest BCUT2D eigenvalue weighted by Gasteiger charge is 2.35. The number of halogens is 6. The summed E-state index contributed by atoms with van der Waals surface area (Å²) in [6, 6.07) is 6.02. The molecule has 192 valence electrons. The molecule has 0 fully saturated rings. The van der Waals surface area contributed by atoms with Crippen LogP contribution in [0.5, 0.6) is 0 Å². The number of nitrogens with one attached hydrogen (secondary N) is 1. The topological polar surface area (TPSA) is 122 Å². The Balaban J connectivity index is 1.85. The molecule has 4 heterocycles. The van der Waals surface area contributed by atoms with Crippen LogP contribution < -0.4 is 5.32 Å². The van der Waals surface area contributed by atoms with Gasteiger partial charge in [-0.25, -0.2) is 15.0 Å². The summed E-state index contributed by atoms with van der Waals surface area (Å²) < 4.78 is 78.7. The zero-order valence-corrected chi connectivity index (χ0v) is 19.0. The van der Waals surface area contributed by atoms with E-state index >= 15 is 0 Å². The molecule has 0 unspecified atom stereocenters. The Labute approximate surface area is 204 Å². The van der Waals surface area contributed by atoms with Crippen LogP contribution in [-0.2, 0) is 18.0 Å². The number of nitrogens with zero attached hydrogens (tertiary/aromatic N) is 7. The maximum absolute atomic E-state index is 13.2. The summed E-state index contributed by atoms with van der Waals surface area (Å²) in [5, 5.41) is 12.9. The molecule has 4 rings (SSSR count). The maximum atomic E-state index is 13.2. The van der Waals surface area contributed by atoms with Crippen LogP contribution in [0, 0.1) is 0 Å². The third kappa shape index (κ3) is 6.11. The van der Waals surface area contributed by atoms with Gasteiger partial charge in [-0.3, -0.25) is 9.97 Å². The summed E-state index contributed by atoms with van der Waals surface area (Å²) in [6.45, 7) is 2.98. The lowest BCUT2D eigenvalue weighted by molar-refractivity contribution is -0.145. The largest absolute Gasteiger partial charge is 0.451 e. The van der Waals surface area contributed by atoms with Crippen molar-refractivity contribution in [2.45, 2.75) is 31.8 Å². The first kappa shape index (κ1) is 25.8. The van der Waals surface area contributed by atoms with E-state index in [0.29, 0.717) is 11.6 Å². The van der Waals surface area contributed by atoms with E-state index in [1.54, 1.807) is 0 Å². The zero-order chi connectivity index (χ0) is 27.0. The Morgan fingerprint density at radius 1 is 0.703 bits per heavy atom. The van der Waals surface area contributed by atoms with Crippen molar-refractivity contribution in [2.75, 3.05) is 5.32 Å². The van der Waals surface area contributed by atoms with Gasteiger partial charge < -0.3 is 10.4 Å². The molecule has 0 saturated heterocycles. The fourth-order valence-electron chi connectivity index (χ4n) is 2.99. The van der Waals surface area contributed by atoms with E-state index in [-0.39, 0.29) is 34.7 Å². The van der Waals surface area contributed by atoms with Crippen LogP contribution in [0.15, 0.2) is 48.9 Å². The Kier molecular flexibility index (Phi) is 6.50. The van der Waals surface area contributed by atoms with Crippen molar-refractivity contribution in [3.8, 4) is 22.9 Å². The van der Waals surface area contributed by atoms with Crippen LogP contribution in [0.3, 0.4) is 0 Å². The molecule has 0 aliphatic carbocycles. The van der Waals surface area contributed by atoms with Gasteiger partial charge in [-0.15, -0.1) is 0 Å². The van der Waals surface area contributed by atoms with Crippen molar-refractivity contribution in [3.05, 3.63) is 66.1 Å². The van der Waals surface area contributed by atoms with E-state index in [2.05, 4.69) is 40.2 Å². The van der Waals surface area contributed by atoms with Gasteiger partial charge in [0.15, 0.2) is 11.6 Å².